The largest absolute Gasteiger partial charge is 0.369 e. The Labute approximate surface area is 133 Å². The van der Waals surface area contributed by atoms with Gasteiger partial charge in [-0.05, 0) is 23.9 Å². The van der Waals surface area contributed by atoms with E-state index in [-0.39, 0.29) is 32.1 Å². The van der Waals surface area contributed by atoms with Crippen molar-refractivity contribution < 1.29 is 18.0 Å². The number of hydrogen-bond donors (Lipinski definition) is 1. The molecule has 0 radical (unpaired) electrons. The summed E-state index contributed by atoms with van der Waals surface area (Å²) in [7, 11) is -3.44. The van der Waals surface area contributed by atoms with E-state index in [1.807, 2.05) is 18.4 Å². The molecule has 2 heterocycles. The number of thiophene rings is 1. The minimum Gasteiger partial charge on any atom is -0.369 e. The average molecular weight is 345 g/mol. The third-order valence-corrected chi connectivity index (χ3v) is 5.97. The number of aryl methyl sites for hydroxylation is 1. The quantitative estimate of drug-likeness (QED) is 0.825. The van der Waals surface area contributed by atoms with Crippen LogP contribution < -0.4 is 5.73 Å². The second-order valence-electron chi connectivity index (χ2n) is 5.40. The molecule has 1 aromatic rings. The summed E-state index contributed by atoms with van der Waals surface area (Å²) in [5, 5.41) is 1.83. The van der Waals surface area contributed by atoms with E-state index in [4.69, 9.17) is 5.73 Å². The summed E-state index contributed by atoms with van der Waals surface area (Å²) in [6.07, 6.45) is 1.09. The molecule has 1 aliphatic heterocycles. The van der Waals surface area contributed by atoms with Crippen LogP contribution in [-0.4, -0.2) is 61.9 Å². The van der Waals surface area contributed by atoms with Crippen molar-refractivity contribution in [3.8, 4) is 0 Å². The highest BCUT2D eigenvalue weighted by Crippen LogP contribution is 2.20. The number of amides is 2. The summed E-state index contributed by atoms with van der Waals surface area (Å²) in [5.74, 6) is -1.49. The number of primary amides is 1. The zero-order valence-electron chi connectivity index (χ0n) is 12.5. The van der Waals surface area contributed by atoms with Crippen LogP contribution in [0.3, 0.4) is 0 Å². The van der Waals surface area contributed by atoms with Crippen LogP contribution in [0, 0.1) is 12.8 Å². The smallest absolute Gasteiger partial charge is 0.264 e. The van der Waals surface area contributed by atoms with Crippen molar-refractivity contribution in [3.63, 3.8) is 0 Å². The Morgan fingerprint density at radius 2 is 2.00 bits per heavy atom. The summed E-state index contributed by atoms with van der Waals surface area (Å²) < 4.78 is 24.7. The lowest BCUT2D eigenvalue weighted by molar-refractivity contribution is -0.122. The van der Waals surface area contributed by atoms with Crippen LogP contribution in [0.15, 0.2) is 11.4 Å². The van der Waals surface area contributed by atoms with E-state index in [2.05, 4.69) is 0 Å². The first-order chi connectivity index (χ1) is 10.2. The fourth-order valence-electron chi connectivity index (χ4n) is 2.39. The number of carbonyl (C=O) groups is 2. The molecular formula is C13H19N3O4S2. The van der Waals surface area contributed by atoms with E-state index >= 15 is 0 Å². The van der Waals surface area contributed by atoms with E-state index < -0.39 is 21.8 Å². The van der Waals surface area contributed by atoms with Gasteiger partial charge in [0.05, 0.1) is 17.1 Å². The summed E-state index contributed by atoms with van der Waals surface area (Å²) in [6.45, 7) is 2.40. The van der Waals surface area contributed by atoms with Gasteiger partial charge in [-0.15, -0.1) is 11.3 Å². The number of rotatable bonds is 3. The van der Waals surface area contributed by atoms with Gasteiger partial charge in [0.15, 0.2) is 0 Å². The second-order valence-corrected chi connectivity index (χ2v) is 8.30. The van der Waals surface area contributed by atoms with Gasteiger partial charge < -0.3 is 10.6 Å². The third kappa shape index (κ3) is 3.65. The van der Waals surface area contributed by atoms with Gasteiger partial charge >= 0.3 is 0 Å². The van der Waals surface area contributed by atoms with Gasteiger partial charge in [-0.3, -0.25) is 9.59 Å². The zero-order valence-corrected chi connectivity index (χ0v) is 14.1. The predicted octanol–water partition coefficient (Wildman–Crippen LogP) is -0.125. The van der Waals surface area contributed by atoms with E-state index in [1.54, 1.807) is 0 Å². The maximum absolute atomic E-state index is 12.6. The number of hydrogen-bond acceptors (Lipinski definition) is 5. The molecule has 22 heavy (non-hydrogen) atoms. The molecule has 0 unspecified atom stereocenters. The van der Waals surface area contributed by atoms with E-state index in [0.717, 1.165) is 11.8 Å². The summed E-state index contributed by atoms with van der Waals surface area (Å²) in [4.78, 5) is 26.3. The highest BCUT2D eigenvalue weighted by Gasteiger charge is 2.33. The molecule has 1 saturated heterocycles. The number of sulfonamides is 1. The molecule has 0 spiro atoms. The van der Waals surface area contributed by atoms with Gasteiger partial charge in [-0.1, -0.05) is 0 Å². The minimum atomic E-state index is -3.44. The van der Waals surface area contributed by atoms with Gasteiger partial charge in [-0.25, -0.2) is 8.42 Å². The maximum Gasteiger partial charge on any atom is 0.264 e. The van der Waals surface area contributed by atoms with Crippen LogP contribution in [0.4, 0.5) is 0 Å². The predicted molar refractivity (Wildman–Crippen MR) is 84.1 cm³/mol. The molecule has 2 amide bonds. The Kier molecular flexibility index (Phi) is 4.88. The van der Waals surface area contributed by atoms with Crippen molar-refractivity contribution >= 4 is 33.2 Å². The Morgan fingerprint density at radius 3 is 2.50 bits per heavy atom. The number of nitrogens with zero attached hydrogens (tertiary/aromatic N) is 2. The van der Waals surface area contributed by atoms with Gasteiger partial charge in [0.25, 0.3) is 5.91 Å². The first-order valence-corrected chi connectivity index (χ1v) is 9.50. The summed E-state index contributed by atoms with van der Waals surface area (Å²) in [6, 6.07) is 1.85. The second kappa shape index (κ2) is 6.35. The molecule has 0 aromatic carbocycles. The molecule has 122 valence electrons. The van der Waals surface area contributed by atoms with Crippen molar-refractivity contribution in [2.24, 2.45) is 11.7 Å². The lowest BCUT2D eigenvalue weighted by Gasteiger charge is -2.22. The summed E-state index contributed by atoms with van der Waals surface area (Å²) >= 11 is 1.33. The van der Waals surface area contributed by atoms with Crippen molar-refractivity contribution in [2.75, 3.05) is 32.4 Å². The fourth-order valence-corrected chi connectivity index (χ4v) is 4.14. The normalized spacial score (nSPS) is 20.6. The molecule has 1 aromatic heterocycles. The van der Waals surface area contributed by atoms with Gasteiger partial charge in [0, 0.05) is 26.2 Å². The molecule has 0 aliphatic carbocycles. The van der Waals surface area contributed by atoms with Crippen LogP contribution in [0.5, 0.6) is 0 Å². The van der Waals surface area contributed by atoms with Gasteiger partial charge in [0.2, 0.25) is 15.9 Å². The third-order valence-electron chi connectivity index (χ3n) is 3.70. The molecule has 2 N–H and O–H groups in total. The van der Waals surface area contributed by atoms with E-state index in [1.165, 1.54) is 20.5 Å². The van der Waals surface area contributed by atoms with E-state index in [9.17, 15) is 18.0 Å². The van der Waals surface area contributed by atoms with Crippen LogP contribution in [0.2, 0.25) is 0 Å². The van der Waals surface area contributed by atoms with Crippen molar-refractivity contribution in [2.45, 2.75) is 6.92 Å². The Morgan fingerprint density at radius 1 is 1.32 bits per heavy atom. The van der Waals surface area contributed by atoms with Crippen LogP contribution in [0.25, 0.3) is 0 Å². The molecular weight excluding hydrogens is 326 g/mol. The molecule has 9 heteroatoms. The molecule has 1 atom stereocenters. The first kappa shape index (κ1) is 16.9. The van der Waals surface area contributed by atoms with Crippen molar-refractivity contribution in [1.82, 2.24) is 9.21 Å². The van der Waals surface area contributed by atoms with Crippen LogP contribution in [0.1, 0.15) is 15.2 Å². The highest BCUT2D eigenvalue weighted by atomic mass is 32.2. The molecule has 2 rings (SSSR count). The van der Waals surface area contributed by atoms with Gasteiger partial charge in [-0.2, -0.15) is 4.31 Å². The van der Waals surface area contributed by atoms with Crippen molar-refractivity contribution in [3.05, 3.63) is 21.9 Å². The zero-order chi connectivity index (χ0) is 16.5. The standard InChI is InChI=1S/C13H19N3O4S2/c1-9-3-6-21-11(9)13(18)15-4-5-16(22(2,19)20)8-10(7-15)12(14)17/h3,6,10H,4-5,7-8H2,1-2H3,(H2,14,17)/t10-/m1/s1. The van der Waals surface area contributed by atoms with Crippen molar-refractivity contribution in [1.29, 1.82) is 0 Å². The Balaban J connectivity index is 2.25. The Bertz CT molecular complexity index is 683. The first-order valence-electron chi connectivity index (χ1n) is 6.78. The molecule has 0 bridgehead atoms. The van der Waals surface area contributed by atoms with E-state index in [0.29, 0.717) is 4.88 Å². The lowest BCUT2D eigenvalue weighted by atomic mass is 10.1. The maximum atomic E-state index is 12.6. The highest BCUT2D eigenvalue weighted by molar-refractivity contribution is 7.88. The molecule has 1 fully saturated rings. The average Bonchev–Trinajstić information content (AvgIpc) is 2.71. The fraction of sp³-hybridized carbons (Fsp3) is 0.538. The number of nitrogens with two attached hydrogens (primary N) is 1. The minimum absolute atomic E-state index is 0.0152. The Hall–Kier alpha value is -1.45. The topological polar surface area (TPSA) is 101 Å². The number of carbonyl (C=O) groups excluding carboxylic acids is 2. The van der Waals surface area contributed by atoms with Crippen LogP contribution in [-0.2, 0) is 14.8 Å². The monoisotopic (exact) mass is 345 g/mol. The SMILES string of the molecule is Cc1ccsc1C(=O)N1CCN(S(C)(=O)=O)C[C@H](C(N)=O)C1. The molecule has 1 aliphatic rings. The summed E-state index contributed by atoms with van der Waals surface area (Å²) in [5.41, 5.74) is 6.23. The molecule has 0 saturated carbocycles. The molecule has 7 nitrogen and oxygen atoms in total. The lowest BCUT2D eigenvalue weighted by Crippen LogP contribution is -2.41. The van der Waals surface area contributed by atoms with Crippen LogP contribution >= 0.6 is 11.3 Å². The van der Waals surface area contributed by atoms with Gasteiger partial charge in [0.1, 0.15) is 0 Å².